The molecule has 0 spiro atoms. The molecule has 0 amide bonds. The molecule has 2 nitrogen and oxygen atoms in total. The molecular weight excluding hydrogens is 210 g/mol. The minimum absolute atomic E-state index is 0.222. The molecule has 2 rings (SSSR count). The molecule has 1 aliphatic rings. The summed E-state index contributed by atoms with van der Waals surface area (Å²) in [5.41, 5.74) is 2.67. The first-order chi connectivity index (χ1) is 8.16. The Morgan fingerprint density at radius 1 is 1.41 bits per heavy atom. The van der Waals surface area contributed by atoms with Crippen molar-refractivity contribution in [2.24, 2.45) is 0 Å². The van der Waals surface area contributed by atoms with E-state index in [1.54, 1.807) is 0 Å². The summed E-state index contributed by atoms with van der Waals surface area (Å²) >= 11 is 0. The number of likely N-dealkylation sites (tertiary alicyclic amines) is 1. The van der Waals surface area contributed by atoms with Gasteiger partial charge in [0.2, 0.25) is 0 Å². The zero-order valence-corrected chi connectivity index (χ0v) is 10.9. The fraction of sp³-hybridized carbons (Fsp3) is 0.600. The fourth-order valence-corrected chi connectivity index (χ4v) is 2.80. The van der Waals surface area contributed by atoms with E-state index < -0.39 is 0 Å². The number of rotatable bonds is 3. The second-order valence-electron chi connectivity index (χ2n) is 5.26. The third kappa shape index (κ3) is 3.30. The minimum Gasteiger partial charge on any atom is -0.392 e. The van der Waals surface area contributed by atoms with Gasteiger partial charge in [0, 0.05) is 12.6 Å². The van der Waals surface area contributed by atoms with Crippen LogP contribution in [0.5, 0.6) is 0 Å². The largest absolute Gasteiger partial charge is 0.392 e. The maximum Gasteiger partial charge on any atom is 0.0667 e. The molecule has 1 N–H and O–H groups in total. The smallest absolute Gasteiger partial charge is 0.0667 e. The van der Waals surface area contributed by atoms with Crippen molar-refractivity contribution in [3.05, 3.63) is 35.4 Å². The van der Waals surface area contributed by atoms with Gasteiger partial charge in [0.15, 0.2) is 0 Å². The lowest BCUT2D eigenvalue weighted by atomic mass is 9.97. The fourth-order valence-electron chi connectivity index (χ4n) is 2.80. The van der Waals surface area contributed by atoms with Crippen LogP contribution in [0, 0.1) is 6.92 Å². The Hall–Kier alpha value is -0.860. The predicted molar refractivity (Wildman–Crippen MR) is 70.9 cm³/mol. The van der Waals surface area contributed by atoms with E-state index in [0.29, 0.717) is 6.04 Å². The average Bonchev–Trinajstić information content (AvgIpc) is 2.29. The molecule has 17 heavy (non-hydrogen) atoms. The molecule has 2 atom stereocenters. The topological polar surface area (TPSA) is 23.5 Å². The molecule has 2 unspecified atom stereocenters. The van der Waals surface area contributed by atoms with Crippen molar-refractivity contribution in [1.82, 2.24) is 4.90 Å². The van der Waals surface area contributed by atoms with Crippen LogP contribution in [0.4, 0.5) is 0 Å². The molecule has 2 heteroatoms. The molecule has 1 aromatic carbocycles. The van der Waals surface area contributed by atoms with E-state index in [1.807, 2.05) is 6.92 Å². The van der Waals surface area contributed by atoms with Gasteiger partial charge in [0.1, 0.15) is 0 Å². The zero-order chi connectivity index (χ0) is 12.3. The molecule has 0 radical (unpaired) electrons. The first-order valence-corrected chi connectivity index (χ1v) is 6.64. The highest BCUT2D eigenvalue weighted by atomic mass is 16.3. The molecule has 94 valence electrons. The molecule has 0 aliphatic carbocycles. The molecule has 1 saturated heterocycles. The number of aliphatic hydroxyl groups is 1. The van der Waals surface area contributed by atoms with E-state index in [1.165, 1.54) is 24.0 Å². The number of nitrogens with zero attached hydrogens (tertiary/aromatic N) is 1. The van der Waals surface area contributed by atoms with Crippen LogP contribution in [-0.4, -0.2) is 28.7 Å². The van der Waals surface area contributed by atoms with Gasteiger partial charge in [-0.25, -0.2) is 0 Å². The molecule has 0 saturated carbocycles. The molecule has 1 heterocycles. The van der Waals surface area contributed by atoms with Crippen molar-refractivity contribution in [2.45, 2.75) is 51.8 Å². The van der Waals surface area contributed by atoms with E-state index in [-0.39, 0.29) is 6.10 Å². The van der Waals surface area contributed by atoms with Gasteiger partial charge in [-0.15, -0.1) is 0 Å². The molecule has 0 bridgehead atoms. The Balaban J connectivity index is 2.05. The lowest BCUT2D eigenvalue weighted by molar-refractivity contribution is 0.0317. The van der Waals surface area contributed by atoms with E-state index in [2.05, 4.69) is 36.1 Å². The summed E-state index contributed by atoms with van der Waals surface area (Å²) in [5, 5.41) is 9.84. The first-order valence-electron chi connectivity index (χ1n) is 6.64. The standard InChI is InChI=1S/C15H23NO/c1-12-6-5-7-14(10-12)11-16-9-4-3-8-15(16)13(2)17/h5-7,10,13,15,17H,3-4,8-9,11H2,1-2H3. The Morgan fingerprint density at radius 3 is 2.94 bits per heavy atom. The Kier molecular flexibility index (Phi) is 4.19. The van der Waals surface area contributed by atoms with Gasteiger partial charge in [0.25, 0.3) is 0 Å². The van der Waals surface area contributed by atoms with Crippen LogP contribution in [0.25, 0.3) is 0 Å². The normalized spacial score (nSPS) is 23.6. The highest BCUT2D eigenvalue weighted by Gasteiger charge is 2.25. The molecule has 1 fully saturated rings. The molecule has 0 aromatic heterocycles. The quantitative estimate of drug-likeness (QED) is 0.867. The monoisotopic (exact) mass is 233 g/mol. The van der Waals surface area contributed by atoms with Crippen molar-refractivity contribution in [3.63, 3.8) is 0 Å². The first kappa shape index (κ1) is 12.6. The maximum atomic E-state index is 9.84. The van der Waals surface area contributed by atoms with E-state index >= 15 is 0 Å². The summed E-state index contributed by atoms with van der Waals surface area (Å²) in [5.74, 6) is 0. The van der Waals surface area contributed by atoms with Gasteiger partial charge >= 0.3 is 0 Å². The van der Waals surface area contributed by atoms with E-state index in [9.17, 15) is 5.11 Å². The minimum atomic E-state index is -0.222. The summed E-state index contributed by atoms with van der Waals surface area (Å²) < 4.78 is 0. The number of hydrogen-bond donors (Lipinski definition) is 1. The van der Waals surface area contributed by atoms with Gasteiger partial charge < -0.3 is 5.11 Å². The van der Waals surface area contributed by atoms with Gasteiger partial charge in [-0.05, 0) is 38.8 Å². The summed E-state index contributed by atoms with van der Waals surface area (Å²) in [7, 11) is 0. The Labute approximate surface area is 104 Å². The van der Waals surface area contributed by atoms with Gasteiger partial charge in [-0.2, -0.15) is 0 Å². The van der Waals surface area contributed by atoms with Crippen LogP contribution in [0.3, 0.4) is 0 Å². The number of aliphatic hydroxyl groups excluding tert-OH is 1. The summed E-state index contributed by atoms with van der Waals surface area (Å²) in [4.78, 5) is 2.43. The Morgan fingerprint density at radius 2 is 2.24 bits per heavy atom. The Bertz CT molecular complexity index is 362. The highest BCUT2D eigenvalue weighted by Crippen LogP contribution is 2.22. The van der Waals surface area contributed by atoms with E-state index in [0.717, 1.165) is 19.5 Å². The lowest BCUT2D eigenvalue weighted by Gasteiger charge is -2.37. The van der Waals surface area contributed by atoms with Gasteiger partial charge in [-0.1, -0.05) is 36.2 Å². The van der Waals surface area contributed by atoms with Gasteiger partial charge in [0.05, 0.1) is 6.10 Å². The number of piperidine rings is 1. The second kappa shape index (κ2) is 5.65. The van der Waals surface area contributed by atoms with Crippen LogP contribution in [0.2, 0.25) is 0 Å². The summed E-state index contributed by atoms with van der Waals surface area (Å²) in [6.07, 6.45) is 3.42. The summed E-state index contributed by atoms with van der Waals surface area (Å²) in [6.45, 7) is 6.13. The maximum absolute atomic E-state index is 9.84. The van der Waals surface area contributed by atoms with Crippen LogP contribution >= 0.6 is 0 Å². The zero-order valence-electron chi connectivity index (χ0n) is 10.9. The van der Waals surface area contributed by atoms with Crippen LogP contribution in [-0.2, 0) is 6.54 Å². The van der Waals surface area contributed by atoms with Crippen LogP contribution < -0.4 is 0 Å². The van der Waals surface area contributed by atoms with Gasteiger partial charge in [-0.3, -0.25) is 4.90 Å². The highest BCUT2D eigenvalue weighted by molar-refractivity contribution is 5.22. The van der Waals surface area contributed by atoms with Crippen LogP contribution in [0.1, 0.15) is 37.3 Å². The summed E-state index contributed by atoms with van der Waals surface area (Å²) in [6, 6.07) is 9.01. The van der Waals surface area contributed by atoms with Crippen molar-refractivity contribution in [3.8, 4) is 0 Å². The number of aryl methyl sites for hydroxylation is 1. The second-order valence-corrected chi connectivity index (χ2v) is 5.26. The average molecular weight is 233 g/mol. The number of hydrogen-bond acceptors (Lipinski definition) is 2. The lowest BCUT2D eigenvalue weighted by Crippen LogP contribution is -2.45. The van der Waals surface area contributed by atoms with E-state index in [4.69, 9.17) is 0 Å². The molecule has 1 aliphatic heterocycles. The number of benzene rings is 1. The predicted octanol–water partition coefficient (Wildman–Crippen LogP) is 2.73. The van der Waals surface area contributed by atoms with Crippen molar-refractivity contribution < 1.29 is 5.11 Å². The molecule has 1 aromatic rings. The molecular formula is C15H23NO. The van der Waals surface area contributed by atoms with Crippen LogP contribution in [0.15, 0.2) is 24.3 Å². The third-order valence-corrected chi connectivity index (χ3v) is 3.69. The van der Waals surface area contributed by atoms with Crippen molar-refractivity contribution in [2.75, 3.05) is 6.54 Å². The third-order valence-electron chi connectivity index (χ3n) is 3.69. The SMILES string of the molecule is Cc1cccc(CN2CCCCC2C(C)O)c1. The van der Waals surface area contributed by atoms with Crippen molar-refractivity contribution in [1.29, 1.82) is 0 Å². The van der Waals surface area contributed by atoms with Crippen molar-refractivity contribution >= 4 is 0 Å².